The number of halogens is 1. The van der Waals surface area contributed by atoms with Crippen molar-refractivity contribution in [3.05, 3.63) is 235 Å². The van der Waals surface area contributed by atoms with Gasteiger partial charge in [0.1, 0.15) is 23.2 Å². The highest BCUT2D eigenvalue weighted by atomic mass is 35.5. The summed E-state index contributed by atoms with van der Waals surface area (Å²) < 4.78 is 0. The van der Waals surface area contributed by atoms with Crippen LogP contribution in [0.1, 0.15) is 16.7 Å². The second-order valence-corrected chi connectivity index (χ2v) is 16.5. The Morgan fingerprint density at radius 2 is 0.673 bits per heavy atom. The van der Waals surface area contributed by atoms with Crippen molar-refractivity contribution in [3.8, 4) is 33.4 Å². The average Bonchev–Trinajstić information content (AvgIpc) is 3.22. The predicted molar refractivity (Wildman–Crippen MR) is 221 cm³/mol. The second-order valence-electron chi connectivity index (χ2n) is 13.1. The van der Waals surface area contributed by atoms with E-state index in [1.165, 1.54) is 66.0 Å². The van der Waals surface area contributed by atoms with Crippen LogP contribution in [0.2, 0.25) is 0 Å². The van der Waals surface area contributed by atoms with Crippen molar-refractivity contribution in [3.63, 3.8) is 0 Å². The summed E-state index contributed by atoms with van der Waals surface area (Å²) in [5.74, 6) is 0. The van der Waals surface area contributed by atoms with Gasteiger partial charge in [0.15, 0.2) is 0 Å². The molecule has 0 aromatic heterocycles. The number of rotatable bonds is 10. The molecule has 0 bridgehead atoms. The first kappa shape index (κ1) is 34.9. The summed E-state index contributed by atoms with van der Waals surface area (Å²) in [5, 5.41) is 4.18. The van der Waals surface area contributed by atoms with Gasteiger partial charge in [-0.05, 0) is 75.7 Å². The molecule has 0 saturated heterocycles. The summed E-state index contributed by atoms with van der Waals surface area (Å²) in [6, 6.07) is 80.7. The molecular formula is C50H40ClP. The van der Waals surface area contributed by atoms with Crippen LogP contribution in [0.3, 0.4) is 0 Å². The van der Waals surface area contributed by atoms with Crippen LogP contribution in [0.5, 0.6) is 0 Å². The van der Waals surface area contributed by atoms with Gasteiger partial charge in [0.05, 0.1) is 6.16 Å². The molecule has 0 aliphatic heterocycles. The van der Waals surface area contributed by atoms with E-state index in [1.807, 2.05) is 0 Å². The van der Waals surface area contributed by atoms with Gasteiger partial charge in [-0.1, -0.05) is 188 Å². The maximum absolute atomic E-state index is 2.61. The molecule has 0 N–H and O–H groups in total. The largest absolute Gasteiger partial charge is 1.00 e. The van der Waals surface area contributed by atoms with Crippen molar-refractivity contribution in [1.29, 1.82) is 0 Å². The summed E-state index contributed by atoms with van der Waals surface area (Å²) in [6.07, 6.45) is 1.73. The normalized spacial score (nSPS) is 11.1. The highest BCUT2D eigenvalue weighted by molar-refractivity contribution is 7.95. The second kappa shape index (κ2) is 16.2. The summed E-state index contributed by atoms with van der Waals surface area (Å²) in [5.41, 5.74) is 11.6. The van der Waals surface area contributed by atoms with E-state index < -0.39 is 7.26 Å². The third-order valence-electron chi connectivity index (χ3n) is 9.88. The molecule has 2 heteroatoms. The number of benzene rings is 8. The Labute approximate surface area is 315 Å². The van der Waals surface area contributed by atoms with Crippen LogP contribution in [0.4, 0.5) is 0 Å². The topological polar surface area (TPSA) is 0 Å². The van der Waals surface area contributed by atoms with Crippen LogP contribution >= 0.6 is 7.26 Å². The summed E-state index contributed by atoms with van der Waals surface area (Å²) in [7, 11) is -2.37. The van der Waals surface area contributed by atoms with E-state index in [0.29, 0.717) is 0 Å². The van der Waals surface area contributed by atoms with Crippen LogP contribution < -0.4 is 28.3 Å². The minimum atomic E-state index is -2.37. The summed E-state index contributed by atoms with van der Waals surface area (Å²) >= 11 is 0. The molecule has 0 radical (unpaired) electrons. The van der Waals surface area contributed by atoms with E-state index in [9.17, 15) is 0 Å². The third kappa shape index (κ3) is 7.02. The minimum Gasteiger partial charge on any atom is -1.00 e. The van der Waals surface area contributed by atoms with Gasteiger partial charge in [0, 0.05) is 11.1 Å². The SMILES string of the molecule is [Cl-].c1ccc(Cc2cc([P+](Cc3ccccc3)(c3ccccc3)c3ccccc3)c(-c3ccccc3)c(-c3ccccc3)c2-c2ccccc2)cc1. The molecule has 0 spiro atoms. The molecular weight excluding hydrogens is 667 g/mol. The Balaban J connectivity index is 0.00000420. The monoisotopic (exact) mass is 706 g/mol. The molecule has 0 amide bonds. The van der Waals surface area contributed by atoms with Crippen molar-refractivity contribution in [2.75, 3.05) is 0 Å². The van der Waals surface area contributed by atoms with Gasteiger partial charge in [-0.15, -0.1) is 0 Å². The molecule has 8 rings (SSSR count). The van der Waals surface area contributed by atoms with Crippen LogP contribution in [0.15, 0.2) is 218 Å². The molecule has 0 atom stereocenters. The van der Waals surface area contributed by atoms with Crippen LogP contribution in [0.25, 0.3) is 33.4 Å². The van der Waals surface area contributed by atoms with Crippen molar-refractivity contribution in [2.24, 2.45) is 0 Å². The van der Waals surface area contributed by atoms with Crippen molar-refractivity contribution >= 4 is 23.2 Å². The van der Waals surface area contributed by atoms with Gasteiger partial charge in [-0.2, -0.15) is 0 Å². The van der Waals surface area contributed by atoms with Gasteiger partial charge in [-0.25, -0.2) is 0 Å². The lowest BCUT2D eigenvalue weighted by Gasteiger charge is -2.32. The lowest BCUT2D eigenvalue weighted by Crippen LogP contribution is -3.00. The third-order valence-corrected chi connectivity index (χ3v) is 14.3. The molecule has 0 unspecified atom stereocenters. The molecule has 8 aromatic rings. The van der Waals surface area contributed by atoms with Gasteiger partial charge in [-0.3, -0.25) is 0 Å². The van der Waals surface area contributed by atoms with Crippen molar-refractivity contribution < 1.29 is 12.4 Å². The Kier molecular flexibility index (Phi) is 10.9. The van der Waals surface area contributed by atoms with E-state index in [-0.39, 0.29) is 12.4 Å². The van der Waals surface area contributed by atoms with Crippen LogP contribution in [0, 0.1) is 0 Å². The first-order valence-corrected chi connectivity index (χ1v) is 19.7. The van der Waals surface area contributed by atoms with Crippen LogP contribution in [-0.2, 0) is 12.6 Å². The molecule has 0 fully saturated rings. The molecule has 0 saturated carbocycles. The smallest absolute Gasteiger partial charge is 0.117 e. The summed E-state index contributed by atoms with van der Waals surface area (Å²) in [4.78, 5) is 0. The molecule has 8 aromatic carbocycles. The fourth-order valence-electron chi connectivity index (χ4n) is 7.62. The highest BCUT2D eigenvalue weighted by Crippen LogP contribution is 2.61. The van der Waals surface area contributed by atoms with Gasteiger partial charge < -0.3 is 12.4 Å². The molecule has 252 valence electrons. The number of hydrogen-bond donors (Lipinski definition) is 0. The van der Waals surface area contributed by atoms with E-state index in [4.69, 9.17) is 0 Å². The zero-order valence-electron chi connectivity index (χ0n) is 29.0. The predicted octanol–water partition coefficient (Wildman–Crippen LogP) is 8.78. The molecule has 0 nitrogen and oxygen atoms in total. The molecule has 0 aliphatic rings. The van der Waals surface area contributed by atoms with E-state index in [1.54, 1.807) is 0 Å². The van der Waals surface area contributed by atoms with Gasteiger partial charge in [0.2, 0.25) is 0 Å². The zero-order valence-corrected chi connectivity index (χ0v) is 30.7. The first-order valence-electron chi connectivity index (χ1n) is 17.7. The van der Waals surface area contributed by atoms with Crippen molar-refractivity contribution in [2.45, 2.75) is 12.6 Å². The molecule has 0 aliphatic carbocycles. The van der Waals surface area contributed by atoms with Crippen LogP contribution in [-0.4, -0.2) is 0 Å². The van der Waals surface area contributed by atoms with E-state index in [2.05, 4.69) is 218 Å². The quantitative estimate of drug-likeness (QED) is 0.125. The maximum Gasteiger partial charge on any atom is 0.117 e. The van der Waals surface area contributed by atoms with E-state index in [0.717, 1.165) is 12.6 Å². The standard InChI is InChI=1S/C50H40P.ClH/c1-8-22-39(23-9-1)36-44-37-47(51(45-32-18-6-19-33-45,46-34-20-7-21-35-46)38-40-24-10-2-11-25-40)49(42-28-14-4-15-29-42)50(43-30-16-5-17-31-43)48(44)41-26-12-3-13-27-41;/h1-35,37H,36,38H2;1H/q+1;/p-1. The zero-order chi connectivity index (χ0) is 34.3. The highest BCUT2D eigenvalue weighted by Gasteiger charge is 2.48. The van der Waals surface area contributed by atoms with Gasteiger partial charge in [0.25, 0.3) is 0 Å². The fourth-order valence-corrected chi connectivity index (χ4v) is 12.1. The molecule has 52 heavy (non-hydrogen) atoms. The maximum atomic E-state index is 2.61. The van der Waals surface area contributed by atoms with Gasteiger partial charge >= 0.3 is 0 Å². The fraction of sp³-hybridized carbons (Fsp3) is 0.0400. The lowest BCUT2D eigenvalue weighted by molar-refractivity contribution is -0.00000970. The first-order chi connectivity index (χ1) is 25.3. The Morgan fingerprint density at radius 3 is 1.12 bits per heavy atom. The number of hydrogen-bond acceptors (Lipinski definition) is 0. The summed E-state index contributed by atoms with van der Waals surface area (Å²) in [6.45, 7) is 0. The average molecular weight is 707 g/mol. The Morgan fingerprint density at radius 1 is 0.327 bits per heavy atom. The Hall–Kier alpha value is -5.52. The lowest BCUT2D eigenvalue weighted by atomic mass is 9.83. The Bertz CT molecular complexity index is 2270. The molecule has 0 heterocycles. The minimum absolute atomic E-state index is 0. The van der Waals surface area contributed by atoms with E-state index >= 15 is 0 Å². The van der Waals surface area contributed by atoms with Crippen molar-refractivity contribution in [1.82, 2.24) is 0 Å².